The molecule has 1 aliphatic carbocycles. The van der Waals surface area contributed by atoms with Gasteiger partial charge >= 0.3 is 0 Å². The molecule has 1 N–H and O–H groups in total. The fraction of sp³-hybridized carbons (Fsp3) is 0.571. The highest BCUT2D eigenvalue weighted by Gasteiger charge is 2.31. The second kappa shape index (κ2) is 5.48. The Morgan fingerprint density at radius 3 is 2.12 bits per heavy atom. The number of benzene rings is 1. The molecule has 17 heavy (non-hydrogen) atoms. The van der Waals surface area contributed by atoms with Crippen molar-refractivity contribution < 1.29 is 13.9 Å². The first-order valence-electron chi connectivity index (χ1n) is 6.25. The van der Waals surface area contributed by atoms with Crippen LogP contribution in [0.1, 0.15) is 43.6 Å². The van der Waals surface area contributed by atoms with Gasteiger partial charge in [-0.3, -0.25) is 0 Å². The molecule has 0 radical (unpaired) electrons. The summed E-state index contributed by atoms with van der Waals surface area (Å²) in [7, 11) is 0. The van der Waals surface area contributed by atoms with Crippen molar-refractivity contribution >= 4 is 0 Å². The third kappa shape index (κ3) is 2.96. The minimum atomic E-state index is -2.32. The van der Waals surface area contributed by atoms with Crippen molar-refractivity contribution in [1.82, 2.24) is 0 Å². The summed E-state index contributed by atoms with van der Waals surface area (Å²) in [6.07, 6.45) is 2.77. The molecule has 1 aromatic carbocycles. The zero-order chi connectivity index (χ0) is 12.3. The van der Waals surface area contributed by atoms with Crippen molar-refractivity contribution in [3.05, 3.63) is 29.8 Å². The third-order valence-electron chi connectivity index (χ3n) is 3.71. The molecule has 94 valence electrons. The number of aromatic hydroxyl groups is 1. The van der Waals surface area contributed by atoms with E-state index < -0.39 is 12.3 Å². The molecule has 1 aromatic rings. The number of hydrogen-bond acceptors (Lipinski definition) is 1. The molecule has 0 bridgehead atoms. The lowest BCUT2D eigenvalue weighted by Crippen LogP contribution is -2.22. The van der Waals surface area contributed by atoms with Gasteiger partial charge in [-0.25, -0.2) is 8.78 Å². The van der Waals surface area contributed by atoms with Gasteiger partial charge in [0, 0.05) is 5.92 Å². The maximum absolute atomic E-state index is 13.2. The van der Waals surface area contributed by atoms with Crippen LogP contribution < -0.4 is 0 Å². The summed E-state index contributed by atoms with van der Waals surface area (Å²) in [5, 5.41) is 9.20. The Hall–Kier alpha value is -1.12. The molecule has 0 aliphatic heterocycles. The van der Waals surface area contributed by atoms with Gasteiger partial charge in [-0.05, 0) is 36.5 Å². The summed E-state index contributed by atoms with van der Waals surface area (Å²) in [5.74, 6) is -0.449. The minimum Gasteiger partial charge on any atom is -0.508 e. The van der Waals surface area contributed by atoms with Crippen LogP contribution in [0.15, 0.2) is 24.3 Å². The number of hydrogen-bond donors (Lipinski definition) is 1. The predicted octanol–water partition coefficient (Wildman–Crippen LogP) is 4.32. The molecule has 1 unspecified atom stereocenters. The number of halogens is 2. The van der Waals surface area contributed by atoms with Gasteiger partial charge in [-0.1, -0.05) is 31.4 Å². The van der Waals surface area contributed by atoms with Gasteiger partial charge in [0.15, 0.2) is 0 Å². The molecule has 1 nitrogen and oxygen atoms in total. The van der Waals surface area contributed by atoms with Crippen LogP contribution in [0, 0.1) is 5.92 Å². The van der Waals surface area contributed by atoms with E-state index in [2.05, 4.69) is 0 Å². The van der Waals surface area contributed by atoms with E-state index in [9.17, 15) is 13.9 Å². The molecule has 3 heteroatoms. The lowest BCUT2D eigenvalue weighted by atomic mass is 9.77. The molecule has 2 rings (SSSR count). The largest absolute Gasteiger partial charge is 0.508 e. The van der Waals surface area contributed by atoms with Gasteiger partial charge in [-0.15, -0.1) is 0 Å². The van der Waals surface area contributed by atoms with Crippen LogP contribution in [0.2, 0.25) is 0 Å². The predicted molar refractivity (Wildman–Crippen MR) is 63.4 cm³/mol. The molecule has 1 saturated carbocycles. The summed E-state index contributed by atoms with van der Waals surface area (Å²) in [4.78, 5) is 0. The first-order chi connectivity index (χ1) is 8.18. The van der Waals surface area contributed by atoms with E-state index in [0.29, 0.717) is 5.56 Å². The number of phenols is 1. The fourth-order valence-electron chi connectivity index (χ4n) is 2.81. The van der Waals surface area contributed by atoms with Gasteiger partial charge in [0.05, 0.1) is 0 Å². The Balaban J connectivity index is 2.18. The van der Waals surface area contributed by atoms with Gasteiger partial charge in [0.2, 0.25) is 6.43 Å². The van der Waals surface area contributed by atoms with Crippen molar-refractivity contribution in [1.29, 1.82) is 0 Å². The van der Waals surface area contributed by atoms with Crippen LogP contribution in [0.3, 0.4) is 0 Å². The van der Waals surface area contributed by atoms with E-state index in [1.807, 2.05) is 0 Å². The van der Waals surface area contributed by atoms with Crippen LogP contribution >= 0.6 is 0 Å². The van der Waals surface area contributed by atoms with E-state index in [1.165, 1.54) is 18.6 Å². The Kier molecular flexibility index (Phi) is 3.97. The van der Waals surface area contributed by atoms with Gasteiger partial charge in [0.1, 0.15) is 5.75 Å². The monoisotopic (exact) mass is 240 g/mol. The van der Waals surface area contributed by atoms with Crippen LogP contribution in [-0.2, 0) is 0 Å². The minimum absolute atomic E-state index is 0.0910. The normalized spacial score (nSPS) is 19.5. The van der Waals surface area contributed by atoms with Crippen molar-refractivity contribution in [3.63, 3.8) is 0 Å². The number of rotatable bonds is 3. The molecule has 1 atom stereocenters. The molecule has 1 fully saturated rings. The third-order valence-corrected chi connectivity index (χ3v) is 3.71. The number of phenolic OH excluding ortho intramolecular Hbond substituents is 1. The van der Waals surface area contributed by atoms with Crippen LogP contribution in [0.4, 0.5) is 8.78 Å². The Morgan fingerprint density at radius 2 is 1.59 bits per heavy atom. The summed E-state index contributed by atoms with van der Waals surface area (Å²) in [6.45, 7) is 0. The SMILES string of the molecule is Oc1ccc(C(C(F)F)C2CCCCC2)cc1. The van der Waals surface area contributed by atoms with E-state index in [-0.39, 0.29) is 11.7 Å². The maximum Gasteiger partial charge on any atom is 0.245 e. The van der Waals surface area contributed by atoms with Crippen LogP contribution in [0.25, 0.3) is 0 Å². The Labute approximate surface area is 100 Å². The molecule has 0 spiro atoms. The zero-order valence-electron chi connectivity index (χ0n) is 9.78. The first kappa shape index (κ1) is 12.3. The average Bonchev–Trinajstić information content (AvgIpc) is 2.33. The summed E-state index contributed by atoms with van der Waals surface area (Å²) in [6, 6.07) is 6.24. The van der Waals surface area contributed by atoms with E-state index in [4.69, 9.17) is 0 Å². The molecule has 0 amide bonds. The summed E-state index contributed by atoms with van der Waals surface area (Å²) in [5.41, 5.74) is 0.657. The topological polar surface area (TPSA) is 20.2 Å². The van der Waals surface area contributed by atoms with Crippen molar-refractivity contribution in [2.75, 3.05) is 0 Å². The van der Waals surface area contributed by atoms with Crippen LogP contribution in [0.5, 0.6) is 5.75 Å². The molecular formula is C14H18F2O. The Bertz CT molecular complexity index is 342. The molecule has 0 saturated heterocycles. The summed E-state index contributed by atoms with van der Waals surface area (Å²) >= 11 is 0. The van der Waals surface area contributed by atoms with E-state index in [0.717, 1.165) is 25.7 Å². The van der Waals surface area contributed by atoms with E-state index >= 15 is 0 Å². The molecule has 0 heterocycles. The first-order valence-corrected chi connectivity index (χ1v) is 6.25. The van der Waals surface area contributed by atoms with Gasteiger partial charge in [0.25, 0.3) is 0 Å². The average molecular weight is 240 g/mol. The number of alkyl halides is 2. The lowest BCUT2D eigenvalue weighted by Gasteiger charge is -2.30. The van der Waals surface area contributed by atoms with Crippen LogP contribution in [-0.4, -0.2) is 11.5 Å². The standard InChI is InChI=1S/C14H18F2O/c15-14(16)13(10-4-2-1-3-5-10)11-6-8-12(17)9-7-11/h6-10,13-14,17H,1-5H2. The fourth-order valence-corrected chi connectivity index (χ4v) is 2.81. The van der Waals surface area contributed by atoms with Crippen molar-refractivity contribution in [3.8, 4) is 5.75 Å². The van der Waals surface area contributed by atoms with E-state index in [1.54, 1.807) is 12.1 Å². The van der Waals surface area contributed by atoms with Crippen molar-refractivity contribution in [2.45, 2.75) is 44.4 Å². The maximum atomic E-state index is 13.2. The second-order valence-corrected chi connectivity index (χ2v) is 4.85. The second-order valence-electron chi connectivity index (χ2n) is 4.85. The highest BCUT2D eigenvalue weighted by atomic mass is 19.3. The molecule has 1 aliphatic rings. The van der Waals surface area contributed by atoms with Gasteiger partial charge in [-0.2, -0.15) is 0 Å². The highest BCUT2D eigenvalue weighted by molar-refractivity contribution is 5.29. The Morgan fingerprint density at radius 1 is 1.00 bits per heavy atom. The zero-order valence-corrected chi connectivity index (χ0v) is 9.78. The quantitative estimate of drug-likeness (QED) is 0.834. The van der Waals surface area contributed by atoms with Crippen molar-refractivity contribution in [2.24, 2.45) is 5.92 Å². The summed E-state index contributed by atoms with van der Waals surface area (Å²) < 4.78 is 26.4. The smallest absolute Gasteiger partial charge is 0.245 e. The lowest BCUT2D eigenvalue weighted by molar-refractivity contribution is 0.0742. The van der Waals surface area contributed by atoms with Gasteiger partial charge < -0.3 is 5.11 Å². The molecule has 0 aromatic heterocycles. The molecular weight excluding hydrogens is 222 g/mol. The highest BCUT2D eigenvalue weighted by Crippen LogP contribution is 2.39.